The molecule has 1 aromatic carbocycles. The molecule has 0 fully saturated rings. The molecule has 0 saturated carbocycles. The third kappa shape index (κ3) is 4.60. The van der Waals surface area contributed by atoms with Crippen molar-refractivity contribution in [1.29, 1.82) is 0 Å². The van der Waals surface area contributed by atoms with E-state index >= 15 is 0 Å². The van der Waals surface area contributed by atoms with Crippen LogP contribution in [0.15, 0.2) is 41.1 Å². The molecule has 5 heteroatoms. The van der Waals surface area contributed by atoms with Crippen molar-refractivity contribution in [3.05, 3.63) is 57.8 Å². The lowest BCUT2D eigenvalue weighted by Gasteiger charge is -2.22. The molecule has 2 rings (SSSR count). The van der Waals surface area contributed by atoms with E-state index < -0.39 is 5.60 Å². The van der Waals surface area contributed by atoms with Crippen LogP contribution in [0.5, 0.6) is 0 Å². The van der Waals surface area contributed by atoms with Gasteiger partial charge in [-0.1, -0.05) is 19.1 Å². The topological polar surface area (TPSA) is 49.3 Å². The van der Waals surface area contributed by atoms with E-state index in [9.17, 15) is 9.90 Å². The molecule has 0 aliphatic heterocycles. The number of hydrogen-bond acceptors (Lipinski definition) is 4. The number of rotatable bonds is 7. The van der Waals surface area contributed by atoms with Crippen molar-refractivity contribution >= 4 is 29.0 Å². The number of aliphatic hydroxyl groups is 1. The van der Waals surface area contributed by atoms with Gasteiger partial charge in [0, 0.05) is 11.3 Å². The van der Waals surface area contributed by atoms with E-state index in [2.05, 4.69) is 12.2 Å². The van der Waals surface area contributed by atoms with Gasteiger partial charge in [0.1, 0.15) is 5.60 Å². The SMILES string of the molecule is CCSCc1ccc(C(=O)NCC(C)(O)c2ccsc2)cc1. The molecule has 2 N–H and O–H groups in total. The molecule has 0 radical (unpaired) electrons. The first-order valence-corrected chi connectivity index (χ1v) is 9.32. The van der Waals surface area contributed by atoms with Crippen LogP contribution in [-0.4, -0.2) is 23.3 Å². The summed E-state index contributed by atoms with van der Waals surface area (Å²) in [6, 6.07) is 9.50. The summed E-state index contributed by atoms with van der Waals surface area (Å²) in [5.74, 6) is 1.88. The van der Waals surface area contributed by atoms with Gasteiger partial charge in [-0.3, -0.25) is 4.79 Å². The Labute approximate surface area is 139 Å². The van der Waals surface area contributed by atoms with E-state index in [0.717, 1.165) is 17.1 Å². The summed E-state index contributed by atoms with van der Waals surface area (Å²) in [6.07, 6.45) is 0. The first-order chi connectivity index (χ1) is 10.5. The maximum Gasteiger partial charge on any atom is 0.251 e. The summed E-state index contributed by atoms with van der Waals surface area (Å²) in [7, 11) is 0. The average Bonchev–Trinajstić information content (AvgIpc) is 3.06. The minimum atomic E-state index is -1.05. The quantitative estimate of drug-likeness (QED) is 0.812. The van der Waals surface area contributed by atoms with Crippen molar-refractivity contribution in [2.45, 2.75) is 25.2 Å². The zero-order chi connectivity index (χ0) is 16.0. The predicted molar refractivity (Wildman–Crippen MR) is 94.5 cm³/mol. The minimum absolute atomic E-state index is 0.162. The van der Waals surface area contributed by atoms with Crippen LogP contribution in [0.4, 0.5) is 0 Å². The molecule has 1 atom stereocenters. The van der Waals surface area contributed by atoms with E-state index in [-0.39, 0.29) is 12.5 Å². The summed E-state index contributed by atoms with van der Waals surface area (Å²) in [4.78, 5) is 12.2. The largest absolute Gasteiger partial charge is 0.384 e. The first kappa shape index (κ1) is 17.1. The Morgan fingerprint density at radius 1 is 1.32 bits per heavy atom. The normalized spacial score (nSPS) is 13.6. The molecule has 1 unspecified atom stereocenters. The average molecular weight is 335 g/mol. The maximum absolute atomic E-state index is 12.2. The highest BCUT2D eigenvalue weighted by Crippen LogP contribution is 2.22. The molecule has 2 aromatic rings. The van der Waals surface area contributed by atoms with Crippen LogP contribution in [0.3, 0.4) is 0 Å². The van der Waals surface area contributed by atoms with Crippen LogP contribution in [0.25, 0.3) is 0 Å². The number of carbonyl (C=O) groups is 1. The van der Waals surface area contributed by atoms with Crippen molar-refractivity contribution in [3.8, 4) is 0 Å². The van der Waals surface area contributed by atoms with Gasteiger partial charge < -0.3 is 10.4 Å². The van der Waals surface area contributed by atoms with Crippen LogP contribution < -0.4 is 5.32 Å². The zero-order valence-electron chi connectivity index (χ0n) is 12.8. The predicted octanol–water partition coefficient (Wildman–Crippen LogP) is 3.64. The van der Waals surface area contributed by atoms with Crippen molar-refractivity contribution in [2.75, 3.05) is 12.3 Å². The van der Waals surface area contributed by atoms with Crippen molar-refractivity contribution in [3.63, 3.8) is 0 Å². The fourth-order valence-electron chi connectivity index (χ4n) is 2.00. The monoisotopic (exact) mass is 335 g/mol. The second kappa shape index (κ2) is 7.81. The number of benzene rings is 1. The standard InChI is InChI=1S/C17H21NO2S2/c1-3-21-10-13-4-6-14(7-5-13)16(19)18-12-17(2,20)15-8-9-22-11-15/h4-9,11,20H,3,10,12H2,1-2H3,(H,18,19). The summed E-state index contributed by atoms with van der Waals surface area (Å²) < 4.78 is 0. The van der Waals surface area contributed by atoms with Crippen LogP contribution in [0.1, 0.15) is 35.3 Å². The van der Waals surface area contributed by atoms with E-state index in [1.807, 2.05) is 52.9 Å². The first-order valence-electron chi connectivity index (χ1n) is 7.23. The second-order valence-electron chi connectivity index (χ2n) is 5.30. The van der Waals surface area contributed by atoms with Gasteiger partial charge in [-0.15, -0.1) is 0 Å². The smallest absolute Gasteiger partial charge is 0.251 e. The zero-order valence-corrected chi connectivity index (χ0v) is 14.5. The highest BCUT2D eigenvalue weighted by molar-refractivity contribution is 7.98. The van der Waals surface area contributed by atoms with Gasteiger partial charge in [0.25, 0.3) is 5.91 Å². The lowest BCUT2D eigenvalue weighted by Crippen LogP contribution is -2.38. The summed E-state index contributed by atoms with van der Waals surface area (Å²) >= 11 is 3.39. The Balaban J connectivity index is 1.92. The second-order valence-corrected chi connectivity index (χ2v) is 7.36. The maximum atomic E-state index is 12.2. The number of thiophene rings is 1. The van der Waals surface area contributed by atoms with E-state index in [1.165, 1.54) is 16.9 Å². The highest BCUT2D eigenvalue weighted by atomic mass is 32.2. The van der Waals surface area contributed by atoms with Crippen LogP contribution in [0.2, 0.25) is 0 Å². The Morgan fingerprint density at radius 3 is 2.64 bits per heavy atom. The van der Waals surface area contributed by atoms with E-state index in [4.69, 9.17) is 0 Å². The lowest BCUT2D eigenvalue weighted by molar-refractivity contribution is 0.0530. The molecule has 118 valence electrons. The molecule has 1 aromatic heterocycles. The minimum Gasteiger partial charge on any atom is -0.384 e. The summed E-state index contributed by atoms with van der Waals surface area (Å²) in [5, 5.41) is 17.0. The van der Waals surface area contributed by atoms with Crippen molar-refractivity contribution in [2.24, 2.45) is 0 Å². The molecule has 0 saturated heterocycles. The molecule has 0 bridgehead atoms. The van der Waals surface area contributed by atoms with Gasteiger partial charge in [0.05, 0.1) is 6.54 Å². The molecule has 1 amide bonds. The third-order valence-corrected chi connectivity index (χ3v) is 5.05. The molecule has 0 aliphatic carbocycles. The number of nitrogens with one attached hydrogen (secondary N) is 1. The number of carbonyl (C=O) groups excluding carboxylic acids is 1. The van der Waals surface area contributed by atoms with Gasteiger partial charge in [0.2, 0.25) is 0 Å². The lowest BCUT2D eigenvalue weighted by atomic mass is 9.99. The van der Waals surface area contributed by atoms with Gasteiger partial charge in [0.15, 0.2) is 0 Å². The Hall–Kier alpha value is -1.30. The van der Waals surface area contributed by atoms with Crippen LogP contribution in [0, 0.1) is 0 Å². The van der Waals surface area contributed by atoms with Crippen molar-refractivity contribution < 1.29 is 9.90 Å². The number of hydrogen-bond donors (Lipinski definition) is 2. The third-order valence-electron chi connectivity index (χ3n) is 3.43. The summed E-state index contributed by atoms with van der Waals surface area (Å²) in [6.45, 7) is 4.03. The van der Waals surface area contributed by atoms with Crippen LogP contribution >= 0.6 is 23.1 Å². The van der Waals surface area contributed by atoms with E-state index in [1.54, 1.807) is 6.92 Å². The molecular formula is C17H21NO2S2. The van der Waals surface area contributed by atoms with Gasteiger partial charge in [-0.25, -0.2) is 0 Å². The molecule has 3 nitrogen and oxygen atoms in total. The molecule has 0 aliphatic rings. The fraction of sp³-hybridized carbons (Fsp3) is 0.353. The number of thioether (sulfide) groups is 1. The number of amides is 1. The highest BCUT2D eigenvalue weighted by Gasteiger charge is 2.24. The Kier molecular flexibility index (Phi) is 6.06. The Morgan fingerprint density at radius 2 is 2.05 bits per heavy atom. The molecule has 1 heterocycles. The molecular weight excluding hydrogens is 314 g/mol. The molecule has 22 heavy (non-hydrogen) atoms. The van der Waals surface area contributed by atoms with Crippen LogP contribution in [-0.2, 0) is 11.4 Å². The molecule has 0 spiro atoms. The summed E-state index contributed by atoms with van der Waals surface area (Å²) in [5.41, 5.74) is 1.61. The van der Waals surface area contributed by atoms with Gasteiger partial charge in [-0.2, -0.15) is 23.1 Å². The van der Waals surface area contributed by atoms with Gasteiger partial charge in [-0.05, 0) is 52.8 Å². The van der Waals surface area contributed by atoms with Gasteiger partial charge >= 0.3 is 0 Å². The van der Waals surface area contributed by atoms with E-state index in [0.29, 0.717) is 5.56 Å². The van der Waals surface area contributed by atoms with Crippen molar-refractivity contribution in [1.82, 2.24) is 5.32 Å². The Bertz CT molecular complexity index is 592. The fourth-order valence-corrected chi connectivity index (χ4v) is 3.41.